The molecule has 0 aliphatic carbocycles. The second kappa shape index (κ2) is 7.09. The Hall–Kier alpha value is -2.63. The number of nitrogens with zero attached hydrogens (tertiary/aromatic N) is 2. The molecule has 1 aromatic carbocycles. The van der Waals surface area contributed by atoms with Crippen LogP contribution < -0.4 is 11.1 Å². The van der Waals surface area contributed by atoms with Gasteiger partial charge >= 0.3 is 0 Å². The number of hydrogen-bond acceptors (Lipinski definition) is 4. The normalized spacial score (nSPS) is 15.4. The molecule has 0 unspecified atom stereocenters. The Morgan fingerprint density at radius 3 is 2.68 bits per heavy atom. The van der Waals surface area contributed by atoms with Crippen molar-refractivity contribution in [2.75, 3.05) is 25.0 Å². The number of hydrogen-bond donors (Lipinski definition) is 2. The Morgan fingerprint density at radius 1 is 1.32 bits per heavy atom. The molecule has 1 saturated heterocycles. The van der Waals surface area contributed by atoms with Gasteiger partial charge in [-0.3, -0.25) is 14.6 Å². The summed E-state index contributed by atoms with van der Waals surface area (Å²) in [4.78, 5) is 29.5. The Balaban J connectivity index is 1.77. The Kier molecular flexibility index (Phi) is 4.88. The molecule has 6 heteroatoms. The van der Waals surface area contributed by atoms with Crippen LogP contribution in [0.1, 0.15) is 35.8 Å². The predicted octanol–water partition coefficient (Wildman–Crippen LogP) is 2.31. The molecule has 132 valence electrons. The lowest BCUT2D eigenvalue weighted by molar-refractivity contribution is -0.130. The number of para-hydroxylation sites is 1. The summed E-state index contributed by atoms with van der Waals surface area (Å²) in [6.07, 6.45) is 2.00. The first kappa shape index (κ1) is 17.2. The maximum absolute atomic E-state index is 11.7. The molecular weight excluding hydrogens is 316 g/mol. The lowest BCUT2D eigenvalue weighted by atomic mass is 9.96. The summed E-state index contributed by atoms with van der Waals surface area (Å²) >= 11 is 0. The fourth-order valence-electron chi connectivity index (χ4n) is 3.43. The molecule has 25 heavy (non-hydrogen) atoms. The van der Waals surface area contributed by atoms with Gasteiger partial charge in [-0.05, 0) is 37.8 Å². The second-order valence-electron chi connectivity index (χ2n) is 6.71. The average Bonchev–Trinajstić information content (AvgIpc) is 2.59. The summed E-state index contributed by atoms with van der Waals surface area (Å²) in [5.41, 5.74) is 8.38. The molecule has 0 spiro atoms. The maximum Gasteiger partial charge on any atom is 0.250 e. The summed E-state index contributed by atoms with van der Waals surface area (Å²) in [7, 11) is 0. The minimum atomic E-state index is -0.466. The number of likely N-dealkylation sites (tertiary alicyclic amines) is 1. The van der Waals surface area contributed by atoms with E-state index in [1.807, 2.05) is 30.0 Å². The van der Waals surface area contributed by atoms with Crippen LogP contribution in [0.25, 0.3) is 10.9 Å². The van der Waals surface area contributed by atoms with Gasteiger partial charge in [0.05, 0.1) is 11.1 Å². The average molecular weight is 340 g/mol. The van der Waals surface area contributed by atoms with Gasteiger partial charge in [0.2, 0.25) is 5.91 Å². The first-order chi connectivity index (χ1) is 12.0. The van der Waals surface area contributed by atoms with Crippen LogP contribution >= 0.6 is 0 Å². The summed E-state index contributed by atoms with van der Waals surface area (Å²) in [5.74, 6) is 0.214. The molecule has 2 amide bonds. The van der Waals surface area contributed by atoms with E-state index in [9.17, 15) is 9.59 Å². The molecule has 2 aromatic rings. The van der Waals surface area contributed by atoms with Crippen LogP contribution in [-0.2, 0) is 4.79 Å². The van der Waals surface area contributed by atoms with E-state index in [-0.39, 0.29) is 5.91 Å². The predicted molar refractivity (Wildman–Crippen MR) is 98.5 cm³/mol. The largest absolute Gasteiger partial charge is 0.384 e. The number of rotatable bonds is 4. The molecule has 0 atom stereocenters. The molecule has 6 nitrogen and oxygen atoms in total. The Bertz CT molecular complexity index is 810. The summed E-state index contributed by atoms with van der Waals surface area (Å²) in [5, 5.41) is 4.42. The van der Waals surface area contributed by atoms with Gasteiger partial charge in [-0.2, -0.15) is 0 Å². The lowest BCUT2D eigenvalue weighted by Gasteiger charge is -2.31. The van der Waals surface area contributed by atoms with Crippen LogP contribution in [-0.4, -0.2) is 41.3 Å². The van der Waals surface area contributed by atoms with Crippen LogP contribution in [0.5, 0.6) is 0 Å². The smallest absolute Gasteiger partial charge is 0.250 e. The fraction of sp³-hybridized carbons (Fsp3) is 0.421. The van der Waals surface area contributed by atoms with E-state index in [2.05, 4.69) is 10.3 Å². The second-order valence-corrected chi connectivity index (χ2v) is 6.71. The number of benzene rings is 1. The zero-order valence-corrected chi connectivity index (χ0v) is 14.7. The highest BCUT2D eigenvalue weighted by molar-refractivity contribution is 6.07. The maximum atomic E-state index is 11.7. The van der Waals surface area contributed by atoms with Crippen molar-refractivity contribution in [1.29, 1.82) is 0 Å². The molecule has 2 heterocycles. The number of carbonyl (C=O) groups is 2. The Labute approximate surface area is 147 Å². The van der Waals surface area contributed by atoms with Crippen molar-refractivity contribution in [1.82, 2.24) is 9.88 Å². The van der Waals surface area contributed by atoms with E-state index >= 15 is 0 Å². The number of fused-ring (bicyclic) bond motifs is 1. The van der Waals surface area contributed by atoms with Crippen LogP contribution in [0.2, 0.25) is 0 Å². The van der Waals surface area contributed by atoms with Crippen LogP contribution in [0.15, 0.2) is 24.3 Å². The highest BCUT2D eigenvalue weighted by Crippen LogP contribution is 2.27. The molecule has 1 aliphatic heterocycles. The van der Waals surface area contributed by atoms with E-state index < -0.39 is 5.91 Å². The molecule has 3 N–H and O–H groups in total. The molecular formula is C19H24N4O2. The molecule has 0 bridgehead atoms. The van der Waals surface area contributed by atoms with Gasteiger partial charge in [0.1, 0.15) is 0 Å². The lowest BCUT2D eigenvalue weighted by Crippen LogP contribution is -2.38. The van der Waals surface area contributed by atoms with E-state index in [0.717, 1.165) is 49.2 Å². The molecule has 1 aromatic heterocycles. The van der Waals surface area contributed by atoms with Gasteiger partial charge in [0.25, 0.3) is 5.91 Å². The number of aromatic nitrogens is 1. The third-order valence-electron chi connectivity index (χ3n) is 4.87. The molecule has 3 rings (SSSR count). The first-order valence-electron chi connectivity index (χ1n) is 8.65. The standard InChI is InChI=1S/C19H24N4O2/c1-12-10-17(15-4-3-5-16(19(20)25)18(15)22-12)21-11-14-6-8-23(9-7-14)13(2)24/h3-5,10,14H,6-9,11H2,1-2H3,(H2,20,25)(H,21,22). The van der Waals surface area contributed by atoms with Crippen molar-refractivity contribution in [3.8, 4) is 0 Å². The van der Waals surface area contributed by atoms with Crippen molar-refractivity contribution in [3.63, 3.8) is 0 Å². The van der Waals surface area contributed by atoms with E-state index in [1.54, 1.807) is 13.0 Å². The zero-order valence-electron chi connectivity index (χ0n) is 14.7. The van der Waals surface area contributed by atoms with Crippen molar-refractivity contribution >= 4 is 28.4 Å². The van der Waals surface area contributed by atoms with Gasteiger partial charge in [-0.25, -0.2) is 0 Å². The van der Waals surface area contributed by atoms with Gasteiger partial charge in [0, 0.05) is 43.3 Å². The van der Waals surface area contributed by atoms with E-state index in [0.29, 0.717) is 17.0 Å². The monoisotopic (exact) mass is 340 g/mol. The van der Waals surface area contributed by atoms with Crippen molar-refractivity contribution in [2.45, 2.75) is 26.7 Å². The Morgan fingerprint density at radius 2 is 2.04 bits per heavy atom. The van der Waals surface area contributed by atoms with Crippen molar-refractivity contribution in [2.24, 2.45) is 11.7 Å². The SMILES string of the molecule is CC(=O)N1CCC(CNc2cc(C)nc3c(C(N)=O)cccc23)CC1. The highest BCUT2D eigenvalue weighted by Gasteiger charge is 2.21. The first-order valence-corrected chi connectivity index (χ1v) is 8.65. The molecule has 1 aliphatic rings. The van der Waals surface area contributed by atoms with Gasteiger partial charge in [-0.15, -0.1) is 0 Å². The minimum Gasteiger partial charge on any atom is -0.384 e. The molecule has 1 fully saturated rings. The third kappa shape index (κ3) is 3.73. The van der Waals surface area contributed by atoms with Crippen LogP contribution in [0.4, 0.5) is 5.69 Å². The number of nitrogens with two attached hydrogens (primary N) is 1. The molecule has 0 radical (unpaired) electrons. The summed E-state index contributed by atoms with van der Waals surface area (Å²) in [6.45, 7) is 6.02. The highest BCUT2D eigenvalue weighted by atomic mass is 16.2. The number of pyridine rings is 1. The number of carbonyl (C=O) groups excluding carboxylic acids is 2. The number of primary amides is 1. The number of piperidine rings is 1. The topological polar surface area (TPSA) is 88.3 Å². The number of aryl methyl sites for hydroxylation is 1. The van der Waals surface area contributed by atoms with Crippen molar-refractivity contribution in [3.05, 3.63) is 35.5 Å². The molecule has 0 saturated carbocycles. The minimum absolute atomic E-state index is 0.154. The number of nitrogens with one attached hydrogen (secondary N) is 1. The number of anilines is 1. The van der Waals surface area contributed by atoms with Gasteiger partial charge in [0.15, 0.2) is 0 Å². The zero-order chi connectivity index (χ0) is 18.0. The van der Waals surface area contributed by atoms with Crippen LogP contribution in [0, 0.1) is 12.8 Å². The van der Waals surface area contributed by atoms with Gasteiger partial charge in [-0.1, -0.05) is 12.1 Å². The van der Waals surface area contributed by atoms with Crippen molar-refractivity contribution < 1.29 is 9.59 Å². The van der Waals surface area contributed by atoms with Crippen LogP contribution in [0.3, 0.4) is 0 Å². The third-order valence-corrected chi connectivity index (χ3v) is 4.87. The van der Waals surface area contributed by atoms with E-state index in [4.69, 9.17) is 5.73 Å². The van der Waals surface area contributed by atoms with Gasteiger partial charge < -0.3 is 16.0 Å². The van der Waals surface area contributed by atoms with E-state index in [1.165, 1.54) is 0 Å². The number of amides is 2. The summed E-state index contributed by atoms with van der Waals surface area (Å²) in [6, 6.07) is 7.49. The summed E-state index contributed by atoms with van der Waals surface area (Å²) < 4.78 is 0. The quantitative estimate of drug-likeness (QED) is 0.894. The fourth-order valence-corrected chi connectivity index (χ4v) is 3.43.